The molecule has 2 aromatic carbocycles. The maximum Gasteiger partial charge on any atom is 0.315 e. The number of hydrogen-bond acceptors (Lipinski definition) is 2. The Hall–Kier alpha value is -2.79. The van der Waals surface area contributed by atoms with Gasteiger partial charge in [0.2, 0.25) is 0 Å². The Morgan fingerprint density at radius 3 is 2.40 bits per heavy atom. The number of nitrogens with zero attached hydrogens (tertiary/aromatic N) is 2. The maximum atomic E-state index is 11.9. The summed E-state index contributed by atoms with van der Waals surface area (Å²) in [5, 5.41) is 10.6. The summed E-state index contributed by atoms with van der Waals surface area (Å²) < 4.78 is 1.87. The van der Waals surface area contributed by atoms with Crippen molar-refractivity contribution in [3.63, 3.8) is 0 Å². The van der Waals surface area contributed by atoms with Crippen LogP contribution in [0.4, 0.5) is 4.79 Å². The number of nitrogens with one attached hydrogen (secondary N) is 2. The van der Waals surface area contributed by atoms with E-state index < -0.39 is 0 Å². The third-order valence-electron chi connectivity index (χ3n) is 3.71. The van der Waals surface area contributed by atoms with Crippen molar-refractivity contribution in [2.45, 2.75) is 19.6 Å². The van der Waals surface area contributed by atoms with Crippen LogP contribution in [0.2, 0.25) is 5.02 Å². The molecule has 1 aromatic heterocycles. The van der Waals surface area contributed by atoms with Crippen LogP contribution in [0.1, 0.15) is 16.7 Å². The largest absolute Gasteiger partial charge is 0.334 e. The molecule has 128 valence electrons. The van der Waals surface area contributed by atoms with E-state index in [1.54, 1.807) is 6.20 Å². The summed E-state index contributed by atoms with van der Waals surface area (Å²) in [7, 11) is 0. The number of urea groups is 1. The van der Waals surface area contributed by atoms with E-state index in [-0.39, 0.29) is 6.03 Å². The minimum absolute atomic E-state index is 0.201. The summed E-state index contributed by atoms with van der Waals surface area (Å²) in [6.45, 7) is 1.64. The number of amides is 2. The topological polar surface area (TPSA) is 59.0 Å². The molecule has 2 amide bonds. The van der Waals surface area contributed by atoms with E-state index in [1.165, 1.54) is 0 Å². The van der Waals surface area contributed by atoms with E-state index in [4.69, 9.17) is 11.6 Å². The Morgan fingerprint density at radius 1 is 0.960 bits per heavy atom. The van der Waals surface area contributed by atoms with Crippen LogP contribution in [0.5, 0.6) is 0 Å². The fraction of sp³-hybridized carbons (Fsp3) is 0.158. The second-order valence-electron chi connectivity index (χ2n) is 5.69. The standard InChI is InChI=1S/C19H19ClN4O/c20-18-7-5-15(6-8-18)12-21-19(25)22-13-16-3-1-4-17(11-16)14-24-10-2-9-23-24/h1-11H,12-14H2,(H2,21,22,25). The minimum atomic E-state index is -0.201. The molecule has 0 bridgehead atoms. The van der Waals surface area contributed by atoms with Crippen LogP contribution in [-0.4, -0.2) is 15.8 Å². The first-order chi connectivity index (χ1) is 12.2. The molecule has 0 saturated carbocycles. The molecule has 0 aliphatic rings. The summed E-state index contributed by atoms with van der Waals surface area (Å²) in [4.78, 5) is 11.9. The number of hydrogen-bond donors (Lipinski definition) is 2. The van der Waals surface area contributed by atoms with Gasteiger partial charge in [-0.3, -0.25) is 4.68 Å². The molecule has 5 nitrogen and oxygen atoms in total. The normalized spacial score (nSPS) is 10.4. The van der Waals surface area contributed by atoms with E-state index in [9.17, 15) is 4.79 Å². The number of carbonyl (C=O) groups is 1. The third-order valence-corrected chi connectivity index (χ3v) is 3.97. The fourth-order valence-electron chi connectivity index (χ4n) is 2.45. The monoisotopic (exact) mass is 354 g/mol. The molecule has 3 aromatic rings. The van der Waals surface area contributed by atoms with Gasteiger partial charge in [-0.15, -0.1) is 0 Å². The molecule has 0 saturated heterocycles. The molecule has 2 N–H and O–H groups in total. The predicted molar refractivity (Wildman–Crippen MR) is 98.3 cm³/mol. The summed E-state index contributed by atoms with van der Waals surface area (Å²) in [5.41, 5.74) is 3.19. The van der Waals surface area contributed by atoms with Crippen LogP contribution >= 0.6 is 11.6 Å². The highest BCUT2D eigenvalue weighted by Gasteiger charge is 2.02. The smallest absolute Gasteiger partial charge is 0.315 e. The van der Waals surface area contributed by atoms with E-state index in [2.05, 4.69) is 21.8 Å². The molecule has 6 heteroatoms. The Balaban J connectivity index is 1.47. The highest BCUT2D eigenvalue weighted by Crippen LogP contribution is 2.09. The van der Waals surface area contributed by atoms with Crippen molar-refractivity contribution in [3.05, 3.63) is 88.7 Å². The lowest BCUT2D eigenvalue weighted by atomic mass is 10.1. The SMILES string of the molecule is O=C(NCc1ccc(Cl)cc1)NCc1cccc(Cn2cccn2)c1. The van der Waals surface area contributed by atoms with Gasteiger partial charge in [-0.2, -0.15) is 5.10 Å². The quantitative estimate of drug-likeness (QED) is 0.710. The average Bonchev–Trinajstić information content (AvgIpc) is 3.13. The highest BCUT2D eigenvalue weighted by atomic mass is 35.5. The first-order valence-electron chi connectivity index (χ1n) is 8.00. The van der Waals surface area contributed by atoms with Gasteiger partial charge in [-0.05, 0) is 34.9 Å². The van der Waals surface area contributed by atoms with Crippen LogP contribution in [0.3, 0.4) is 0 Å². The Labute approximate surface area is 151 Å². The molecule has 25 heavy (non-hydrogen) atoms. The third kappa shape index (κ3) is 5.36. The summed E-state index contributed by atoms with van der Waals surface area (Å²) in [6, 6.07) is 17.2. The zero-order chi connectivity index (χ0) is 17.5. The van der Waals surface area contributed by atoms with Crippen LogP contribution in [0.25, 0.3) is 0 Å². The van der Waals surface area contributed by atoms with Crippen LogP contribution in [0, 0.1) is 0 Å². The summed E-state index contributed by atoms with van der Waals surface area (Å²) in [5.74, 6) is 0. The van der Waals surface area contributed by atoms with Gasteiger partial charge >= 0.3 is 6.03 Å². The van der Waals surface area contributed by atoms with Gasteiger partial charge < -0.3 is 10.6 Å². The molecule has 0 unspecified atom stereocenters. The van der Waals surface area contributed by atoms with Gasteiger partial charge in [0.15, 0.2) is 0 Å². The van der Waals surface area contributed by atoms with Gasteiger partial charge in [0.05, 0.1) is 6.54 Å². The molecule has 0 radical (unpaired) electrons. The first kappa shape index (κ1) is 17.0. The van der Waals surface area contributed by atoms with Gasteiger partial charge in [-0.1, -0.05) is 48.0 Å². The van der Waals surface area contributed by atoms with E-state index in [1.807, 2.05) is 59.4 Å². The molecule has 0 aliphatic carbocycles. The fourth-order valence-corrected chi connectivity index (χ4v) is 2.57. The van der Waals surface area contributed by atoms with Crippen molar-refractivity contribution < 1.29 is 4.79 Å². The highest BCUT2D eigenvalue weighted by molar-refractivity contribution is 6.30. The number of rotatable bonds is 6. The second kappa shape index (κ2) is 8.35. The molecular formula is C19H19ClN4O. The lowest BCUT2D eigenvalue weighted by Crippen LogP contribution is -2.34. The maximum absolute atomic E-state index is 11.9. The zero-order valence-electron chi connectivity index (χ0n) is 13.7. The van der Waals surface area contributed by atoms with E-state index in [0.29, 0.717) is 24.7 Å². The molecule has 3 rings (SSSR count). The van der Waals surface area contributed by atoms with Crippen molar-refractivity contribution in [2.24, 2.45) is 0 Å². The number of carbonyl (C=O) groups excluding carboxylic acids is 1. The van der Waals surface area contributed by atoms with Crippen molar-refractivity contribution >= 4 is 17.6 Å². The molecule has 0 spiro atoms. The van der Waals surface area contributed by atoms with Crippen molar-refractivity contribution in [2.75, 3.05) is 0 Å². The van der Waals surface area contributed by atoms with Gasteiger partial charge in [0.25, 0.3) is 0 Å². The Bertz CT molecular complexity index is 816. The lowest BCUT2D eigenvalue weighted by Gasteiger charge is -2.09. The second-order valence-corrected chi connectivity index (χ2v) is 6.12. The lowest BCUT2D eigenvalue weighted by molar-refractivity contribution is 0.240. The van der Waals surface area contributed by atoms with Crippen LogP contribution < -0.4 is 10.6 Å². The van der Waals surface area contributed by atoms with E-state index >= 15 is 0 Å². The molecular weight excluding hydrogens is 336 g/mol. The summed E-state index contributed by atoms with van der Waals surface area (Å²) in [6.07, 6.45) is 3.69. The Kier molecular flexibility index (Phi) is 5.69. The van der Waals surface area contributed by atoms with E-state index in [0.717, 1.165) is 16.7 Å². The van der Waals surface area contributed by atoms with Crippen molar-refractivity contribution in [3.8, 4) is 0 Å². The van der Waals surface area contributed by atoms with Crippen molar-refractivity contribution in [1.29, 1.82) is 0 Å². The number of benzene rings is 2. The molecule has 0 fully saturated rings. The van der Waals surface area contributed by atoms with Crippen molar-refractivity contribution in [1.82, 2.24) is 20.4 Å². The minimum Gasteiger partial charge on any atom is -0.334 e. The predicted octanol–water partition coefficient (Wildman–Crippen LogP) is 3.58. The average molecular weight is 355 g/mol. The van der Waals surface area contributed by atoms with Gasteiger partial charge in [0.1, 0.15) is 0 Å². The first-order valence-corrected chi connectivity index (χ1v) is 8.38. The van der Waals surface area contributed by atoms with Crippen LogP contribution in [-0.2, 0) is 19.6 Å². The molecule has 1 heterocycles. The molecule has 0 aliphatic heterocycles. The van der Waals surface area contributed by atoms with Crippen LogP contribution in [0.15, 0.2) is 67.0 Å². The molecule has 0 atom stereocenters. The number of aromatic nitrogens is 2. The van der Waals surface area contributed by atoms with Gasteiger partial charge in [-0.25, -0.2) is 4.79 Å². The Morgan fingerprint density at radius 2 is 1.68 bits per heavy atom. The summed E-state index contributed by atoms with van der Waals surface area (Å²) >= 11 is 5.84. The van der Waals surface area contributed by atoms with Gasteiger partial charge in [0, 0.05) is 30.5 Å². The number of halogens is 1. The zero-order valence-corrected chi connectivity index (χ0v) is 14.4.